The number of anilines is 8. The minimum Gasteiger partial charge on any atom is -0.376 e. The molecular weight excluding hydrogens is 712 g/mol. The standard InChI is InChI=1S/C54H51B2N3/c1-32(2)36-15-14-18-41(27-36)57-48-28-37(33(3)4)21-24-44(48)55-45-25-22-38(34(5)6)29-49(45)58-50-30-39(35(7)8)23-26-46(50)56-52-43(31-51(57)53(55)54(52)58)42-19-12-13-20-47(42)59(56)40-16-10-9-11-17-40/h9-35H,1-8H3. The maximum atomic E-state index is 2.71. The summed E-state index contributed by atoms with van der Waals surface area (Å²) in [4.78, 5) is 7.97. The molecule has 7 aromatic rings. The zero-order valence-corrected chi connectivity index (χ0v) is 35.6. The number of fused-ring (bicyclic) bond motifs is 10. The van der Waals surface area contributed by atoms with Crippen LogP contribution in [0.3, 0.4) is 0 Å². The highest BCUT2D eigenvalue weighted by Gasteiger charge is 2.52. The van der Waals surface area contributed by atoms with Crippen molar-refractivity contribution in [2.45, 2.75) is 79.1 Å². The number of para-hydroxylation sites is 2. The normalized spacial score (nSPS) is 14.2. The zero-order chi connectivity index (χ0) is 40.4. The van der Waals surface area contributed by atoms with Gasteiger partial charge in [-0.15, -0.1) is 0 Å². The van der Waals surface area contributed by atoms with E-state index in [0.29, 0.717) is 23.7 Å². The molecule has 4 aliphatic rings. The number of rotatable bonds is 6. The van der Waals surface area contributed by atoms with E-state index in [1.165, 1.54) is 106 Å². The fourth-order valence-corrected chi connectivity index (χ4v) is 10.6. The number of benzene rings is 7. The van der Waals surface area contributed by atoms with E-state index in [-0.39, 0.29) is 13.6 Å². The van der Waals surface area contributed by atoms with Crippen LogP contribution in [0, 0.1) is 0 Å². The lowest BCUT2D eigenvalue weighted by Crippen LogP contribution is -2.68. The summed E-state index contributed by atoms with van der Waals surface area (Å²) >= 11 is 0. The van der Waals surface area contributed by atoms with Crippen LogP contribution in [0.25, 0.3) is 11.1 Å². The Kier molecular flexibility index (Phi) is 8.15. The first kappa shape index (κ1) is 36.2. The molecule has 0 spiro atoms. The topological polar surface area (TPSA) is 9.72 Å². The summed E-state index contributed by atoms with van der Waals surface area (Å²) in [6, 6.07) is 54.3. The maximum absolute atomic E-state index is 2.71. The van der Waals surface area contributed by atoms with E-state index < -0.39 is 0 Å². The van der Waals surface area contributed by atoms with E-state index >= 15 is 0 Å². The second-order valence-electron chi connectivity index (χ2n) is 18.5. The van der Waals surface area contributed by atoms with Gasteiger partial charge >= 0.3 is 6.85 Å². The molecule has 0 N–H and O–H groups in total. The average molecular weight is 764 g/mol. The number of nitrogens with zero attached hydrogens (tertiary/aromatic N) is 3. The molecule has 7 aromatic carbocycles. The maximum Gasteiger partial charge on any atom is 0.333 e. The minimum absolute atomic E-state index is 0.0204. The molecule has 0 saturated carbocycles. The molecule has 59 heavy (non-hydrogen) atoms. The first-order valence-electron chi connectivity index (χ1n) is 21.9. The summed E-state index contributed by atoms with van der Waals surface area (Å²) in [7, 11) is 0. The van der Waals surface area contributed by atoms with Gasteiger partial charge in [-0.2, -0.15) is 0 Å². The fraction of sp³-hybridized carbons (Fsp3) is 0.222. The van der Waals surface area contributed by atoms with Crippen molar-refractivity contribution in [1.82, 2.24) is 0 Å². The minimum atomic E-state index is -0.0204. The molecule has 0 aliphatic carbocycles. The lowest BCUT2D eigenvalue weighted by molar-refractivity contribution is 0.864. The molecule has 4 heterocycles. The lowest BCUT2D eigenvalue weighted by Gasteiger charge is -2.51. The smallest absolute Gasteiger partial charge is 0.333 e. The predicted molar refractivity (Wildman–Crippen MR) is 256 cm³/mol. The van der Waals surface area contributed by atoms with Crippen molar-refractivity contribution in [2.24, 2.45) is 0 Å². The van der Waals surface area contributed by atoms with Crippen LogP contribution in [0.15, 0.2) is 140 Å². The Labute approximate surface area is 351 Å². The van der Waals surface area contributed by atoms with Gasteiger partial charge in [0.2, 0.25) is 0 Å². The Bertz CT molecular complexity index is 2830. The quantitative estimate of drug-likeness (QED) is 0.156. The van der Waals surface area contributed by atoms with Crippen LogP contribution in [0.2, 0.25) is 0 Å². The predicted octanol–water partition coefficient (Wildman–Crippen LogP) is 11.5. The van der Waals surface area contributed by atoms with Gasteiger partial charge in [0.15, 0.2) is 0 Å². The van der Waals surface area contributed by atoms with Gasteiger partial charge in [0.1, 0.15) is 0 Å². The van der Waals surface area contributed by atoms with Gasteiger partial charge in [-0.25, -0.2) is 0 Å². The summed E-state index contributed by atoms with van der Waals surface area (Å²) in [6.45, 7) is 18.6. The number of hydrogen-bond donors (Lipinski definition) is 0. The molecular formula is C54H51B2N3. The van der Waals surface area contributed by atoms with E-state index in [9.17, 15) is 0 Å². The summed E-state index contributed by atoms with van der Waals surface area (Å²) in [5, 5.41) is 0. The zero-order valence-electron chi connectivity index (χ0n) is 35.6. The summed E-state index contributed by atoms with van der Waals surface area (Å²) in [6.07, 6.45) is 0. The monoisotopic (exact) mass is 763 g/mol. The fourth-order valence-electron chi connectivity index (χ4n) is 10.6. The van der Waals surface area contributed by atoms with Gasteiger partial charge in [-0.3, -0.25) is 0 Å². The molecule has 0 bridgehead atoms. The van der Waals surface area contributed by atoms with E-state index in [1.807, 2.05) is 0 Å². The van der Waals surface area contributed by atoms with Gasteiger partial charge < -0.3 is 14.6 Å². The van der Waals surface area contributed by atoms with Crippen LogP contribution >= 0.6 is 0 Å². The first-order chi connectivity index (χ1) is 28.6. The van der Waals surface area contributed by atoms with Gasteiger partial charge in [0, 0.05) is 51.1 Å². The van der Waals surface area contributed by atoms with Crippen molar-refractivity contribution in [1.29, 1.82) is 0 Å². The van der Waals surface area contributed by atoms with Crippen molar-refractivity contribution in [3.63, 3.8) is 0 Å². The molecule has 0 atom stereocenters. The molecule has 3 nitrogen and oxygen atoms in total. The van der Waals surface area contributed by atoms with Gasteiger partial charge in [0.05, 0.1) is 0 Å². The summed E-state index contributed by atoms with van der Waals surface area (Å²) in [5.41, 5.74) is 25.2. The molecule has 0 unspecified atom stereocenters. The van der Waals surface area contributed by atoms with Gasteiger partial charge in [0.25, 0.3) is 6.71 Å². The van der Waals surface area contributed by atoms with E-state index in [1.54, 1.807) is 0 Å². The highest BCUT2D eigenvalue weighted by molar-refractivity contribution is 7.02. The molecule has 0 fully saturated rings. The molecule has 0 saturated heterocycles. The highest BCUT2D eigenvalue weighted by atomic mass is 15.2. The second kappa shape index (κ2) is 13.3. The van der Waals surface area contributed by atoms with Crippen molar-refractivity contribution >= 4 is 86.4 Å². The van der Waals surface area contributed by atoms with Crippen LogP contribution in [0.1, 0.15) is 101 Å². The summed E-state index contributed by atoms with van der Waals surface area (Å²) in [5.74, 6) is 1.61. The highest BCUT2D eigenvalue weighted by Crippen LogP contribution is 2.51. The van der Waals surface area contributed by atoms with Crippen molar-refractivity contribution < 1.29 is 0 Å². The van der Waals surface area contributed by atoms with Crippen molar-refractivity contribution in [3.8, 4) is 11.1 Å². The Morgan fingerprint density at radius 3 is 1.53 bits per heavy atom. The van der Waals surface area contributed by atoms with E-state index in [0.717, 1.165) is 0 Å². The lowest BCUT2D eigenvalue weighted by atomic mass is 9.31. The Morgan fingerprint density at radius 1 is 0.373 bits per heavy atom. The summed E-state index contributed by atoms with van der Waals surface area (Å²) < 4.78 is 0. The third kappa shape index (κ3) is 5.22. The molecule has 5 heteroatoms. The first-order valence-corrected chi connectivity index (χ1v) is 21.9. The molecule has 0 aromatic heterocycles. The van der Waals surface area contributed by atoms with E-state index in [4.69, 9.17) is 0 Å². The molecule has 0 radical (unpaired) electrons. The third-order valence-electron chi connectivity index (χ3n) is 13.7. The van der Waals surface area contributed by atoms with Crippen LogP contribution in [0.4, 0.5) is 45.5 Å². The number of hydrogen-bond acceptors (Lipinski definition) is 3. The van der Waals surface area contributed by atoms with Gasteiger partial charge in [-0.1, -0.05) is 140 Å². The largest absolute Gasteiger partial charge is 0.376 e. The molecule has 4 aliphatic heterocycles. The van der Waals surface area contributed by atoms with Gasteiger partial charge in [-0.05, 0) is 133 Å². The SMILES string of the molecule is CC(C)c1cccc(N2c3cc(C(C)C)ccc3B3c4ccc(C(C)C)cc4N4c5cc(C(C)C)ccc5B5c6c(cc2c3c64)-c2ccccc2N5c2ccccc2)c1. The Morgan fingerprint density at radius 2 is 0.898 bits per heavy atom. The van der Waals surface area contributed by atoms with Crippen LogP contribution in [-0.4, -0.2) is 13.6 Å². The van der Waals surface area contributed by atoms with Crippen molar-refractivity contribution in [3.05, 3.63) is 162 Å². The van der Waals surface area contributed by atoms with Crippen LogP contribution < -0.4 is 41.9 Å². The second-order valence-corrected chi connectivity index (χ2v) is 18.5. The molecule has 288 valence electrons. The Balaban J connectivity index is 1.33. The van der Waals surface area contributed by atoms with E-state index in [2.05, 4.69) is 210 Å². The molecule has 11 rings (SSSR count). The van der Waals surface area contributed by atoms with Crippen molar-refractivity contribution in [2.75, 3.05) is 14.6 Å². The third-order valence-corrected chi connectivity index (χ3v) is 13.7. The van der Waals surface area contributed by atoms with Crippen LogP contribution in [0.5, 0.6) is 0 Å². The Hall–Kier alpha value is -5.93. The average Bonchev–Trinajstić information content (AvgIpc) is 3.25. The molecule has 0 amide bonds. The van der Waals surface area contributed by atoms with Crippen LogP contribution in [-0.2, 0) is 0 Å².